The van der Waals surface area contributed by atoms with E-state index < -0.39 is 53.3 Å². The highest BCUT2D eigenvalue weighted by molar-refractivity contribution is 7.86. The van der Waals surface area contributed by atoms with Gasteiger partial charge in [0, 0.05) is 5.56 Å². The normalized spacial score (nSPS) is 26.9. The second-order valence-corrected chi connectivity index (χ2v) is 8.58. The highest BCUT2D eigenvalue weighted by Gasteiger charge is 2.45. The minimum Gasteiger partial charge on any atom is -0.388 e. The smallest absolute Gasteiger partial charge is 0.297 e. The summed E-state index contributed by atoms with van der Waals surface area (Å²) in [7, 11) is -4.13. The molecule has 0 saturated carbocycles. The highest BCUT2D eigenvalue weighted by atomic mass is 32.2. The maximum absolute atomic E-state index is 12.3. The summed E-state index contributed by atoms with van der Waals surface area (Å²) in [6.45, 7) is 1.17. The number of aliphatic hydroxyl groups excluding tert-OH is 3. The van der Waals surface area contributed by atoms with E-state index in [4.69, 9.17) is 8.92 Å². The Morgan fingerprint density at radius 2 is 1.67 bits per heavy atom. The van der Waals surface area contributed by atoms with Gasteiger partial charge in [0.05, 0.1) is 11.5 Å². The van der Waals surface area contributed by atoms with Crippen molar-refractivity contribution in [1.82, 2.24) is 5.32 Å². The molecule has 10 heteroatoms. The van der Waals surface area contributed by atoms with Gasteiger partial charge in [0.25, 0.3) is 16.0 Å². The zero-order valence-corrected chi connectivity index (χ0v) is 16.9. The number of carbonyl (C=O) groups excluding carboxylic acids is 1. The molecule has 4 N–H and O–H groups in total. The molecule has 3 rings (SSSR count). The molecule has 9 nitrogen and oxygen atoms in total. The number of nitrogens with one attached hydrogen (secondary N) is 1. The summed E-state index contributed by atoms with van der Waals surface area (Å²) in [6.07, 6.45) is -6.24. The predicted molar refractivity (Wildman–Crippen MR) is 105 cm³/mol. The zero-order chi connectivity index (χ0) is 21.9. The first-order valence-corrected chi connectivity index (χ1v) is 10.6. The number of aliphatic hydroxyl groups is 3. The minimum atomic E-state index is -4.13. The Morgan fingerprint density at radius 1 is 1.03 bits per heavy atom. The monoisotopic (exact) mass is 437 g/mol. The first-order chi connectivity index (χ1) is 14.2. The fraction of sp³-hybridized carbons (Fsp3) is 0.350. The molecule has 1 heterocycles. The fourth-order valence-electron chi connectivity index (χ4n) is 2.99. The molecular weight excluding hydrogens is 414 g/mol. The van der Waals surface area contributed by atoms with Gasteiger partial charge in [-0.25, -0.2) is 0 Å². The Kier molecular flexibility index (Phi) is 6.86. The van der Waals surface area contributed by atoms with Crippen LogP contribution in [0.15, 0.2) is 59.5 Å². The van der Waals surface area contributed by atoms with Crippen LogP contribution in [0.1, 0.15) is 15.9 Å². The number of hydrogen-bond donors (Lipinski definition) is 4. The second kappa shape index (κ2) is 9.21. The van der Waals surface area contributed by atoms with Gasteiger partial charge in [-0.2, -0.15) is 8.42 Å². The van der Waals surface area contributed by atoms with Gasteiger partial charge in [-0.05, 0) is 31.2 Å². The maximum atomic E-state index is 12.3. The van der Waals surface area contributed by atoms with E-state index in [0.29, 0.717) is 5.56 Å². The lowest BCUT2D eigenvalue weighted by Crippen LogP contribution is -2.64. The van der Waals surface area contributed by atoms with Crippen LogP contribution < -0.4 is 5.32 Å². The lowest BCUT2D eigenvalue weighted by molar-refractivity contribution is -0.250. The van der Waals surface area contributed by atoms with Crippen molar-refractivity contribution >= 4 is 16.0 Å². The summed E-state index contributed by atoms with van der Waals surface area (Å²) in [6, 6.07) is 12.8. The molecule has 0 aromatic heterocycles. The second-order valence-electron chi connectivity index (χ2n) is 6.96. The predicted octanol–water partition coefficient (Wildman–Crippen LogP) is -0.0621. The van der Waals surface area contributed by atoms with Crippen LogP contribution >= 0.6 is 0 Å². The van der Waals surface area contributed by atoms with Gasteiger partial charge in [-0.1, -0.05) is 35.9 Å². The largest absolute Gasteiger partial charge is 0.388 e. The number of rotatable bonds is 6. The Hall–Kier alpha value is -2.34. The van der Waals surface area contributed by atoms with Crippen LogP contribution in [0.2, 0.25) is 0 Å². The summed E-state index contributed by atoms with van der Waals surface area (Å²) in [5.74, 6) is -0.578. The third-order valence-corrected chi connectivity index (χ3v) is 6.05. The fourth-order valence-corrected chi connectivity index (χ4v) is 3.91. The SMILES string of the molecule is Cc1ccc(S(=O)(=O)OC[C@H]2O[C@@H](O)[C@H](NC(=O)c3ccccc3)[C@H](O)[C@H]2O)cc1. The van der Waals surface area contributed by atoms with E-state index in [9.17, 15) is 28.5 Å². The van der Waals surface area contributed by atoms with Crippen LogP contribution in [0.5, 0.6) is 0 Å². The van der Waals surface area contributed by atoms with Crippen LogP contribution in [-0.4, -0.2) is 66.9 Å². The first-order valence-electron chi connectivity index (χ1n) is 9.21. The van der Waals surface area contributed by atoms with Gasteiger partial charge in [0.15, 0.2) is 6.29 Å². The molecule has 1 fully saturated rings. The quantitative estimate of drug-likeness (QED) is 0.461. The van der Waals surface area contributed by atoms with Crippen LogP contribution in [0, 0.1) is 6.92 Å². The van der Waals surface area contributed by atoms with Crippen LogP contribution in [-0.2, 0) is 19.0 Å². The number of hydrogen-bond acceptors (Lipinski definition) is 8. The summed E-state index contributed by atoms with van der Waals surface area (Å²) in [4.78, 5) is 12.2. The molecule has 5 atom stereocenters. The number of ether oxygens (including phenoxy) is 1. The van der Waals surface area contributed by atoms with E-state index in [1.54, 1.807) is 49.4 Å². The van der Waals surface area contributed by atoms with Crippen molar-refractivity contribution in [2.75, 3.05) is 6.61 Å². The molecule has 1 saturated heterocycles. The van der Waals surface area contributed by atoms with E-state index in [1.165, 1.54) is 12.1 Å². The molecule has 0 bridgehead atoms. The topological polar surface area (TPSA) is 142 Å². The molecule has 0 radical (unpaired) electrons. The van der Waals surface area contributed by atoms with Crippen molar-refractivity contribution in [3.63, 3.8) is 0 Å². The van der Waals surface area contributed by atoms with Crippen LogP contribution in [0.4, 0.5) is 0 Å². The van der Waals surface area contributed by atoms with Crippen molar-refractivity contribution in [2.45, 2.75) is 42.5 Å². The first kappa shape index (κ1) is 22.3. The molecule has 162 valence electrons. The summed E-state index contributed by atoms with van der Waals surface area (Å²) in [5.41, 5.74) is 1.16. The Bertz CT molecular complexity index is 964. The molecular formula is C20H23NO8S. The van der Waals surface area contributed by atoms with E-state index >= 15 is 0 Å². The summed E-state index contributed by atoms with van der Waals surface area (Å²) in [5, 5.41) is 33.2. The highest BCUT2D eigenvalue weighted by Crippen LogP contribution is 2.22. The maximum Gasteiger partial charge on any atom is 0.297 e. The van der Waals surface area contributed by atoms with Gasteiger partial charge < -0.3 is 25.4 Å². The van der Waals surface area contributed by atoms with Gasteiger partial charge in [-0.15, -0.1) is 0 Å². The van der Waals surface area contributed by atoms with Gasteiger partial charge in [0.2, 0.25) is 0 Å². The van der Waals surface area contributed by atoms with Crippen LogP contribution in [0.25, 0.3) is 0 Å². The zero-order valence-electron chi connectivity index (χ0n) is 16.1. The molecule has 1 amide bonds. The minimum absolute atomic E-state index is 0.0764. The molecule has 30 heavy (non-hydrogen) atoms. The number of amides is 1. The average Bonchev–Trinajstić information content (AvgIpc) is 2.73. The molecule has 0 aliphatic carbocycles. The molecule has 2 aromatic rings. The van der Waals surface area contributed by atoms with Crippen molar-refractivity contribution in [1.29, 1.82) is 0 Å². The van der Waals surface area contributed by atoms with Gasteiger partial charge >= 0.3 is 0 Å². The van der Waals surface area contributed by atoms with Crippen molar-refractivity contribution in [3.8, 4) is 0 Å². The Balaban J connectivity index is 1.63. The van der Waals surface area contributed by atoms with Crippen LogP contribution in [0.3, 0.4) is 0 Å². The third kappa shape index (κ3) is 5.04. The number of carbonyl (C=O) groups is 1. The van der Waals surface area contributed by atoms with Crippen molar-refractivity contribution in [3.05, 3.63) is 65.7 Å². The van der Waals surface area contributed by atoms with E-state index in [0.717, 1.165) is 5.56 Å². The molecule has 2 aromatic carbocycles. The molecule has 1 aliphatic rings. The van der Waals surface area contributed by atoms with E-state index in [1.807, 2.05) is 0 Å². The number of aryl methyl sites for hydroxylation is 1. The standard InChI is InChI=1S/C20H23NO8S/c1-12-7-9-14(10-8-12)30(26,27)28-11-15-17(22)18(23)16(20(25)29-15)21-19(24)13-5-3-2-4-6-13/h2-10,15-18,20,22-23,25H,11H2,1H3,(H,21,24)/t15-,16-,17+,18+,20-/m1/s1. The van der Waals surface area contributed by atoms with Gasteiger partial charge in [-0.3, -0.25) is 8.98 Å². The lowest BCUT2D eigenvalue weighted by atomic mass is 9.97. The number of benzene rings is 2. The van der Waals surface area contributed by atoms with Gasteiger partial charge in [0.1, 0.15) is 24.4 Å². The summed E-state index contributed by atoms with van der Waals surface area (Å²) < 4.78 is 34.7. The third-order valence-electron chi connectivity index (χ3n) is 4.75. The van der Waals surface area contributed by atoms with E-state index in [2.05, 4.69) is 5.32 Å². The Morgan fingerprint density at radius 3 is 2.30 bits per heavy atom. The summed E-state index contributed by atoms with van der Waals surface area (Å²) >= 11 is 0. The van der Waals surface area contributed by atoms with E-state index in [-0.39, 0.29) is 4.90 Å². The average molecular weight is 437 g/mol. The lowest BCUT2D eigenvalue weighted by Gasteiger charge is -2.40. The molecule has 0 spiro atoms. The van der Waals surface area contributed by atoms with Crippen molar-refractivity contribution in [2.24, 2.45) is 0 Å². The molecule has 0 unspecified atom stereocenters. The van der Waals surface area contributed by atoms with Crippen molar-refractivity contribution < 1.29 is 37.5 Å². The Labute approximate surface area is 174 Å². The molecule has 1 aliphatic heterocycles.